The summed E-state index contributed by atoms with van der Waals surface area (Å²) in [5.74, 6) is 1.01. The molecule has 4 rings (SSSR count). The SMILES string of the molecule is COc1cc(OC)c(CSC[C@@H](NC(=O)OCC2c3ccccc3-c3ccccc32)C(=O)O)c(OC)c1. The van der Waals surface area contributed by atoms with E-state index in [2.05, 4.69) is 17.4 Å². The molecule has 0 saturated carbocycles. The van der Waals surface area contributed by atoms with Gasteiger partial charge in [0, 0.05) is 35.1 Å². The van der Waals surface area contributed by atoms with E-state index in [1.807, 2.05) is 36.4 Å². The first-order valence-electron chi connectivity index (χ1n) is 11.7. The first-order chi connectivity index (χ1) is 18.0. The number of carbonyl (C=O) groups excluding carboxylic acids is 1. The second kappa shape index (κ2) is 11.9. The highest BCUT2D eigenvalue weighted by atomic mass is 32.2. The van der Waals surface area contributed by atoms with E-state index in [0.717, 1.165) is 27.8 Å². The zero-order valence-corrected chi connectivity index (χ0v) is 21.7. The summed E-state index contributed by atoms with van der Waals surface area (Å²) in [6.45, 7) is 0.111. The van der Waals surface area contributed by atoms with Crippen molar-refractivity contribution in [3.63, 3.8) is 0 Å². The number of benzene rings is 3. The van der Waals surface area contributed by atoms with Gasteiger partial charge in [0.25, 0.3) is 0 Å². The van der Waals surface area contributed by atoms with E-state index < -0.39 is 18.1 Å². The van der Waals surface area contributed by atoms with Crippen LogP contribution in [0.1, 0.15) is 22.6 Å². The van der Waals surface area contributed by atoms with Crippen LogP contribution in [0.15, 0.2) is 60.7 Å². The minimum absolute atomic E-state index is 0.106. The fourth-order valence-corrected chi connectivity index (χ4v) is 5.52. The second-order valence-electron chi connectivity index (χ2n) is 8.39. The molecule has 0 heterocycles. The normalized spacial score (nSPS) is 12.7. The maximum atomic E-state index is 12.6. The summed E-state index contributed by atoms with van der Waals surface area (Å²) in [7, 11) is 4.64. The number of carbonyl (C=O) groups is 2. The van der Waals surface area contributed by atoms with Crippen LogP contribution in [0.5, 0.6) is 17.2 Å². The van der Waals surface area contributed by atoms with Gasteiger partial charge < -0.3 is 29.4 Å². The molecule has 0 aliphatic heterocycles. The number of carboxylic acids is 1. The molecule has 0 radical (unpaired) electrons. The lowest BCUT2D eigenvalue weighted by molar-refractivity contribution is -0.138. The summed E-state index contributed by atoms with van der Waals surface area (Å²) in [4.78, 5) is 24.4. The summed E-state index contributed by atoms with van der Waals surface area (Å²) in [6, 6.07) is 18.4. The third-order valence-electron chi connectivity index (χ3n) is 6.28. The van der Waals surface area contributed by atoms with Crippen molar-refractivity contribution >= 4 is 23.8 Å². The molecule has 3 aromatic carbocycles. The van der Waals surface area contributed by atoms with Crippen LogP contribution >= 0.6 is 11.8 Å². The minimum atomic E-state index is -1.14. The van der Waals surface area contributed by atoms with Crippen molar-refractivity contribution in [2.45, 2.75) is 17.7 Å². The highest BCUT2D eigenvalue weighted by molar-refractivity contribution is 7.98. The number of alkyl carbamates (subject to hydrolysis) is 1. The monoisotopic (exact) mass is 523 g/mol. The topological polar surface area (TPSA) is 103 Å². The molecule has 1 aliphatic rings. The first kappa shape index (κ1) is 26.2. The van der Waals surface area contributed by atoms with Crippen molar-refractivity contribution < 1.29 is 33.6 Å². The van der Waals surface area contributed by atoms with Gasteiger partial charge in [0.15, 0.2) is 0 Å². The molecule has 0 aromatic heterocycles. The fraction of sp³-hybridized carbons (Fsp3) is 0.286. The molecule has 3 aromatic rings. The number of hydrogen-bond acceptors (Lipinski definition) is 7. The standard InChI is InChI=1S/C28H29NO7S/c1-33-17-12-25(34-2)23(26(13-17)35-3)15-37-16-24(27(30)31)29-28(32)36-14-22-20-10-6-4-8-18(20)19-9-5-7-11-21(19)22/h4-13,22,24H,14-16H2,1-3H3,(H,29,32)(H,30,31)/t24-/m1/s1. The van der Waals surface area contributed by atoms with E-state index in [1.165, 1.54) is 11.8 Å². The van der Waals surface area contributed by atoms with Crippen molar-refractivity contribution in [1.29, 1.82) is 0 Å². The van der Waals surface area contributed by atoms with E-state index in [-0.39, 0.29) is 18.3 Å². The second-order valence-corrected chi connectivity index (χ2v) is 9.42. The van der Waals surface area contributed by atoms with Crippen LogP contribution in [-0.4, -0.2) is 56.9 Å². The summed E-state index contributed by atoms with van der Waals surface area (Å²) >= 11 is 1.33. The summed E-state index contributed by atoms with van der Waals surface area (Å²) in [6.07, 6.45) is -0.769. The van der Waals surface area contributed by atoms with E-state index in [0.29, 0.717) is 23.0 Å². The van der Waals surface area contributed by atoms with Gasteiger partial charge in [-0.25, -0.2) is 9.59 Å². The Morgan fingerprint density at radius 3 is 2.00 bits per heavy atom. The quantitative estimate of drug-likeness (QED) is 0.364. The van der Waals surface area contributed by atoms with Gasteiger partial charge in [0.2, 0.25) is 0 Å². The lowest BCUT2D eigenvalue weighted by Crippen LogP contribution is -2.43. The number of thioether (sulfide) groups is 1. The molecule has 2 N–H and O–H groups in total. The molecule has 0 saturated heterocycles. The average molecular weight is 524 g/mol. The molecule has 194 valence electrons. The minimum Gasteiger partial charge on any atom is -0.496 e. The Labute approximate surface area is 219 Å². The van der Waals surface area contributed by atoms with Crippen LogP contribution < -0.4 is 19.5 Å². The van der Waals surface area contributed by atoms with Gasteiger partial charge in [-0.2, -0.15) is 11.8 Å². The van der Waals surface area contributed by atoms with Crippen LogP contribution in [0.4, 0.5) is 4.79 Å². The molecule has 9 heteroatoms. The van der Waals surface area contributed by atoms with Crippen LogP contribution in [-0.2, 0) is 15.3 Å². The van der Waals surface area contributed by atoms with Crippen molar-refractivity contribution in [1.82, 2.24) is 5.32 Å². The maximum absolute atomic E-state index is 12.6. The molecule has 37 heavy (non-hydrogen) atoms. The van der Waals surface area contributed by atoms with Gasteiger partial charge in [-0.3, -0.25) is 0 Å². The number of nitrogens with one attached hydrogen (secondary N) is 1. The van der Waals surface area contributed by atoms with Gasteiger partial charge in [0.05, 0.1) is 21.3 Å². The van der Waals surface area contributed by atoms with Gasteiger partial charge in [-0.05, 0) is 22.3 Å². The van der Waals surface area contributed by atoms with Crippen LogP contribution in [0.25, 0.3) is 11.1 Å². The number of rotatable bonds is 11. The van der Waals surface area contributed by atoms with Crippen LogP contribution in [0.2, 0.25) is 0 Å². The lowest BCUT2D eigenvalue weighted by Gasteiger charge is -2.18. The highest BCUT2D eigenvalue weighted by Crippen LogP contribution is 2.44. The number of aliphatic carboxylic acids is 1. The first-order valence-corrected chi connectivity index (χ1v) is 12.8. The van der Waals surface area contributed by atoms with Crippen molar-refractivity contribution in [2.75, 3.05) is 33.7 Å². The van der Waals surface area contributed by atoms with Crippen molar-refractivity contribution in [2.24, 2.45) is 0 Å². The summed E-state index contributed by atoms with van der Waals surface area (Å²) in [5, 5.41) is 12.2. The molecular formula is C28H29NO7S. The van der Waals surface area contributed by atoms with Gasteiger partial charge in [0.1, 0.15) is 29.9 Å². The Morgan fingerprint density at radius 1 is 0.919 bits per heavy atom. The number of fused-ring (bicyclic) bond motifs is 3. The highest BCUT2D eigenvalue weighted by Gasteiger charge is 2.30. The lowest BCUT2D eigenvalue weighted by atomic mass is 9.98. The molecular weight excluding hydrogens is 494 g/mol. The Kier molecular flexibility index (Phi) is 8.45. The smallest absolute Gasteiger partial charge is 0.407 e. The summed E-state index contributed by atoms with van der Waals surface area (Å²) < 4.78 is 21.7. The van der Waals surface area contributed by atoms with Gasteiger partial charge in [-0.15, -0.1) is 0 Å². The maximum Gasteiger partial charge on any atom is 0.407 e. The number of carboxylic acid groups (broad SMARTS) is 1. The van der Waals surface area contributed by atoms with Crippen LogP contribution in [0, 0.1) is 0 Å². The Morgan fingerprint density at radius 2 is 1.49 bits per heavy atom. The number of hydrogen-bond donors (Lipinski definition) is 2. The molecule has 0 bridgehead atoms. The third-order valence-corrected chi connectivity index (χ3v) is 7.34. The van der Waals surface area contributed by atoms with Crippen molar-refractivity contribution in [3.8, 4) is 28.4 Å². The Hall–Kier alpha value is -3.85. The predicted molar refractivity (Wildman–Crippen MR) is 142 cm³/mol. The third kappa shape index (κ3) is 5.77. The van der Waals surface area contributed by atoms with Crippen molar-refractivity contribution in [3.05, 3.63) is 77.4 Å². The molecule has 8 nitrogen and oxygen atoms in total. The molecule has 0 spiro atoms. The van der Waals surface area contributed by atoms with Gasteiger partial charge >= 0.3 is 12.1 Å². The molecule has 0 fully saturated rings. The Bertz CT molecular complexity index is 1210. The van der Waals surface area contributed by atoms with E-state index >= 15 is 0 Å². The molecule has 0 unspecified atom stereocenters. The molecule has 1 aliphatic carbocycles. The van der Waals surface area contributed by atoms with Gasteiger partial charge in [-0.1, -0.05) is 48.5 Å². The van der Waals surface area contributed by atoms with E-state index in [4.69, 9.17) is 18.9 Å². The predicted octanol–water partition coefficient (Wildman–Crippen LogP) is 4.94. The largest absolute Gasteiger partial charge is 0.496 e. The Balaban J connectivity index is 1.36. The van der Waals surface area contributed by atoms with E-state index in [1.54, 1.807) is 33.5 Å². The fourth-order valence-electron chi connectivity index (χ4n) is 4.46. The zero-order valence-electron chi connectivity index (χ0n) is 20.9. The number of methoxy groups -OCH3 is 3. The number of amides is 1. The molecule has 1 atom stereocenters. The van der Waals surface area contributed by atoms with E-state index in [9.17, 15) is 14.7 Å². The zero-order chi connectivity index (χ0) is 26.4. The van der Waals surface area contributed by atoms with Crippen LogP contribution in [0.3, 0.4) is 0 Å². The average Bonchev–Trinajstić information content (AvgIpc) is 3.24. The number of ether oxygens (including phenoxy) is 4. The molecule has 1 amide bonds. The summed E-state index contributed by atoms with van der Waals surface area (Å²) in [5.41, 5.74) is 5.18.